The quantitative estimate of drug-likeness (QED) is 0.660. The van der Waals surface area contributed by atoms with Crippen LogP contribution in [0.4, 0.5) is 8.78 Å². The average Bonchev–Trinajstić information content (AvgIpc) is 3.39. The maximum absolute atomic E-state index is 15.7. The summed E-state index contributed by atoms with van der Waals surface area (Å²) in [4.78, 5) is 14.4. The fourth-order valence-corrected chi connectivity index (χ4v) is 6.06. The Morgan fingerprint density at radius 2 is 1.94 bits per heavy atom. The van der Waals surface area contributed by atoms with Crippen molar-refractivity contribution in [1.29, 1.82) is 0 Å². The molecule has 0 spiro atoms. The van der Waals surface area contributed by atoms with Crippen molar-refractivity contribution >= 4 is 5.91 Å². The minimum atomic E-state index is -3.92. The van der Waals surface area contributed by atoms with E-state index in [9.17, 15) is 9.90 Å². The number of aliphatic hydroxyl groups is 1. The Morgan fingerprint density at radius 3 is 2.59 bits per heavy atom. The van der Waals surface area contributed by atoms with E-state index in [1.165, 1.54) is 12.4 Å². The van der Waals surface area contributed by atoms with Crippen LogP contribution >= 0.6 is 0 Å². The fraction of sp³-hybridized carbons (Fsp3) is 0.667. The summed E-state index contributed by atoms with van der Waals surface area (Å²) < 4.78 is 42.3. The molecule has 8 nitrogen and oxygen atoms in total. The lowest BCUT2D eigenvalue weighted by Crippen LogP contribution is -2.62. The van der Waals surface area contributed by atoms with Crippen LogP contribution in [0.1, 0.15) is 77.3 Å². The second-order valence-electron chi connectivity index (χ2n) is 11.2. The number of ether oxygens (including phenoxy) is 1. The number of nitrogens with zero attached hydrogens (tertiary/aromatic N) is 4. The molecule has 4 rings (SSSR count). The van der Waals surface area contributed by atoms with Crippen molar-refractivity contribution in [3.8, 4) is 5.75 Å². The van der Waals surface area contributed by atoms with Crippen LogP contribution in [-0.2, 0) is 11.4 Å². The van der Waals surface area contributed by atoms with Crippen molar-refractivity contribution in [2.24, 2.45) is 10.8 Å². The van der Waals surface area contributed by atoms with E-state index in [0.29, 0.717) is 36.5 Å². The summed E-state index contributed by atoms with van der Waals surface area (Å²) in [5.41, 5.74) is -3.06. The predicted octanol–water partition coefficient (Wildman–Crippen LogP) is 4.31. The highest BCUT2D eigenvalue weighted by atomic mass is 19.3. The highest BCUT2D eigenvalue weighted by molar-refractivity contribution is 5.85. The smallest absolute Gasteiger partial charge is 0.352 e. The van der Waals surface area contributed by atoms with E-state index in [2.05, 4.69) is 15.4 Å². The molecular formula is C24H32F2N4O4. The number of amides is 1. The number of alkyl halides is 2. The summed E-state index contributed by atoms with van der Waals surface area (Å²) in [6.07, 6.45) is 4.40. The maximum atomic E-state index is 15.7. The molecule has 0 radical (unpaired) electrons. The van der Waals surface area contributed by atoms with Crippen LogP contribution in [0.2, 0.25) is 0 Å². The molecule has 1 saturated heterocycles. The van der Waals surface area contributed by atoms with E-state index in [1.54, 1.807) is 12.1 Å². The molecule has 1 aliphatic carbocycles. The molecule has 1 saturated carbocycles. The molecule has 1 N–H and O–H groups in total. The van der Waals surface area contributed by atoms with Crippen molar-refractivity contribution in [2.75, 3.05) is 6.54 Å². The SMILES string of the molecule is CC1(C)CC(C)(C)CC(O)(C(F)(F)C(=O)N2CCC[C@H]2c2cc(COc3ccnnc3)on2)C1. The van der Waals surface area contributed by atoms with Gasteiger partial charge in [-0.1, -0.05) is 32.9 Å². The highest BCUT2D eigenvalue weighted by Crippen LogP contribution is 2.55. The van der Waals surface area contributed by atoms with Crippen molar-refractivity contribution in [3.05, 3.63) is 36.0 Å². The zero-order chi connectivity index (χ0) is 24.8. The molecule has 0 unspecified atom stereocenters. The van der Waals surface area contributed by atoms with Gasteiger partial charge in [0.2, 0.25) is 0 Å². The summed E-state index contributed by atoms with van der Waals surface area (Å²) in [7, 11) is 0. The van der Waals surface area contributed by atoms with Crippen LogP contribution in [0, 0.1) is 10.8 Å². The lowest BCUT2D eigenvalue weighted by atomic mass is 9.58. The largest absolute Gasteiger partial charge is 0.484 e. The molecule has 0 aromatic carbocycles. The summed E-state index contributed by atoms with van der Waals surface area (Å²) in [6, 6.07) is 2.61. The standard InChI is InChI=1S/C24H32F2N4O4/c1-21(2)13-22(3,4)15-23(32,14-21)24(25,26)20(31)30-9-5-6-19(30)18-10-17(34-29-18)12-33-16-7-8-27-28-11-16/h7-8,10-11,19,32H,5-6,9,12-15H2,1-4H3/t19-/m0/s1. The number of carbonyl (C=O) groups is 1. The van der Waals surface area contributed by atoms with Crippen molar-refractivity contribution < 1.29 is 27.9 Å². The zero-order valence-corrected chi connectivity index (χ0v) is 20.1. The first-order valence-corrected chi connectivity index (χ1v) is 11.6. The topological polar surface area (TPSA) is 102 Å². The number of likely N-dealkylation sites (tertiary alicyclic amines) is 1. The van der Waals surface area contributed by atoms with E-state index in [4.69, 9.17) is 9.26 Å². The van der Waals surface area contributed by atoms with Crippen LogP contribution in [-0.4, -0.2) is 49.3 Å². The number of hydrogen-bond donors (Lipinski definition) is 1. The van der Waals surface area contributed by atoms with Gasteiger partial charge in [-0.05, 0) is 42.9 Å². The lowest BCUT2D eigenvalue weighted by molar-refractivity contribution is -0.231. The Balaban J connectivity index is 1.50. The van der Waals surface area contributed by atoms with E-state index < -0.39 is 34.3 Å². The molecule has 1 atom stereocenters. The molecule has 2 aromatic rings. The van der Waals surface area contributed by atoms with Crippen LogP contribution in [0.15, 0.2) is 29.0 Å². The van der Waals surface area contributed by atoms with Gasteiger partial charge in [0, 0.05) is 18.7 Å². The zero-order valence-electron chi connectivity index (χ0n) is 20.1. The number of carbonyl (C=O) groups excluding carboxylic acids is 1. The monoisotopic (exact) mass is 478 g/mol. The Kier molecular flexibility index (Phi) is 6.16. The third-order valence-electron chi connectivity index (χ3n) is 6.72. The minimum absolute atomic E-state index is 0.0689. The van der Waals surface area contributed by atoms with E-state index in [-0.39, 0.29) is 26.0 Å². The fourth-order valence-electron chi connectivity index (χ4n) is 6.06. The summed E-state index contributed by atoms with van der Waals surface area (Å²) in [5, 5.41) is 22.6. The third kappa shape index (κ3) is 4.78. The number of rotatable bonds is 6. The normalized spacial score (nSPS) is 23.6. The van der Waals surface area contributed by atoms with Gasteiger partial charge in [0.25, 0.3) is 5.91 Å². The molecule has 0 bridgehead atoms. The molecule has 186 valence electrons. The Hall–Kier alpha value is -2.62. The summed E-state index contributed by atoms with van der Waals surface area (Å²) >= 11 is 0. The lowest BCUT2D eigenvalue weighted by Gasteiger charge is -2.51. The highest BCUT2D eigenvalue weighted by Gasteiger charge is 2.65. The summed E-state index contributed by atoms with van der Waals surface area (Å²) in [5.74, 6) is -4.38. The molecule has 1 aliphatic heterocycles. The number of hydrogen-bond acceptors (Lipinski definition) is 7. The molecule has 3 heterocycles. The predicted molar refractivity (Wildman–Crippen MR) is 118 cm³/mol. The van der Waals surface area contributed by atoms with Crippen LogP contribution in [0.5, 0.6) is 5.75 Å². The van der Waals surface area contributed by atoms with Gasteiger partial charge in [0.15, 0.2) is 5.76 Å². The number of aromatic nitrogens is 3. The first kappa shape index (κ1) is 24.5. The van der Waals surface area contributed by atoms with Gasteiger partial charge in [-0.3, -0.25) is 4.79 Å². The van der Waals surface area contributed by atoms with E-state index >= 15 is 8.78 Å². The van der Waals surface area contributed by atoms with Crippen LogP contribution < -0.4 is 4.74 Å². The Bertz CT molecular complexity index is 1010. The second kappa shape index (κ2) is 8.55. The molecular weight excluding hydrogens is 446 g/mol. The Morgan fingerprint density at radius 1 is 1.24 bits per heavy atom. The second-order valence-corrected chi connectivity index (χ2v) is 11.2. The van der Waals surface area contributed by atoms with Gasteiger partial charge in [-0.25, -0.2) is 0 Å². The molecule has 1 amide bonds. The molecule has 34 heavy (non-hydrogen) atoms. The molecule has 2 aromatic heterocycles. The van der Waals surface area contributed by atoms with E-state index in [1.807, 2.05) is 27.7 Å². The van der Waals surface area contributed by atoms with Crippen molar-refractivity contribution in [1.82, 2.24) is 20.3 Å². The maximum Gasteiger partial charge on any atom is 0.352 e. The van der Waals surface area contributed by atoms with Gasteiger partial charge >= 0.3 is 5.92 Å². The van der Waals surface area contributed by atoms with E-state index in [0.717, 1.165) is 4.90 Å². The van der Waals surface area contributed by atoms with Gasteiger partial charge in [0.1, 0.15) is 23.7 Å². The van der Waals surface area contributed by atoms with Gasteiger partial charge in [-0.15, -0.1) is 0 Å². The molecule has 2 fully saturated rings. The first-order valence-electron chi connectivity index (χ1n) is 11.6. The third-order valence-corrected chi connectivity index (χ3v) is 6.72. The van der Waals surface area contributed by atoms with Crippen molar-refractivity contribution in [2.45, 2.75) is 84.0 Å². The van der Waals surface area contributed by atoms with Gasteiger partial charge in [-0.2, -0.15) is 19.0 Å². The first-order chi connectivity index (χ1) is 15.8. The van der Waals surface area contributed by atoms with Crippen molar-refractivity contribution in [3.63, 3.8) is 0 Å². The summed E-state index contributed by atoms with van der Waals surface area (Å²) in [6.45, 7) is 7.68. The van der Waals surface area contributed by atoms with Crippen LogP contribution in [0.25, 0.3) is 0 Å². The van der Waals surface area contributed by atoms with Crippen LogP contribution in [0.3, 0.4) is 0 Å². The van der Waals surface area contributed by atoms with Gasteiger partial charge in [0.05, 0.1) is 18.4 Å². The van der Waals surface area contributed by atoms with Gasteiger partial charge < -0.3 is 19.3 Å². The molecule has 10 heteroatoms. The minimum Gasteiger partial charge on any atom is -0.484 e. The average molecular weight is 479 g/mol. The number of halogens is 2. The Labute approximate surface area is 197 Å². The molecule has 2 aliphatic rings.